The van der Waals surface area contributed by atoms with Crippen molar-refractivity contribution >= 4 is 5.91 Å². The molecular weight excluding hydrogens is 230 g/mol. The van der Waals surface area contributed by atoms with E-state index in [0.29, 0.717) is 24.0 Å². The van der Waals surface area contributed by atoms with Crippen LogP contribution in [0.3, 0.4) is 0 Å². The number of nitrogens with one attached hydrogen (secondary N) is 1. The maximum atomic E-state index is 11.5. The van der Waals surface area contributed by atoms with Gasteiger partial charge in [-0.15, -0.1) is 0 Å². The Balaban J connectivity index is 2.50. The lowest BCUT2D eigenvalue weighted by Gasteiger charge is -2.12. The number of aryl methyl sites for hydroxylation is 1. The van der Waals surface area contributed by atoms with Crippen LogP contribution in [0.5, 0.6) is 11.5 Å². The van der Waals surface area contributed by atoms with Gasteiger partial charge in [-0.3, -0.25) is 4.79 Å². The van der Waals surface area contributed by atoms with Gasteiger partial charge in [-0.05, 0) is 30.5 Å². The van der Waals surface area contributed by atoms with E-state index in [1.54, 1.807) is 7.11 Å². The molecule has 0 atom stereocenters. The van der Waals surface area contributed by atoms with Crippen LogP contribution in [0.15, 0.2) is 18.2 Å². The first-order valence-corrected chi connectivity index (χ1v) is 6.07. The minimum Gasteiger partial charge on any atom is -0.493 e. The molecule has 18 heavy (non-hydrogen) atoms. The van der Waals surface area contributed by atoms with Gasteiger partial charge in [-0.1, -0.05) is 19.9 Å². The number of hydrogen-bond donors (Lipinski definition) is 1. The van der Waals surface area contributed by atoms with Gasteiger partial charge in [-0.2, -0.15) is 0 Å². The molecule has 1 rings (SSSR count). The van der Waals surface area contributed by atoms with Gasteiger partial charge in [0, 0.05) is 6.54 Å². The quantitative estimate of drug-likeness (QED) is 0.842. The van der Waals surface area contributed by atoms with Gasteiger partial charge in [0.2, 0.25) is 0 Å². The third-order valence-electron chi connectivity index (χ3n) is 2.39. The van der Waals surface area contributed by atoms with E-state index in [4.69, 9.17) is 9.47 Å². The second kappa shape index (κ2) is 6.89. The predicted molar refractivity (Wildman–Crippen MR) is 71.1 cm³/mol. The molecule has 1 aromatic rings. The number of hydrogen-bond acceptors (Lipinski definition) is 3. The number of carbonyl (C=O) groups is 1. The van der Waals surface area contributed by atoms with Crippen molar-refractivity contribution in [3.8, 4) is 11.5 Å². The topological polar surface area (TPSA) is 47.6 Å². The third kappa shape index (κ3) is 4.65. The highest BCUT2D eigenvalue weighted by Crippen LogP contribution is 2.27. The SMILES string of the molecule is COc1cc(C)ccc1OCC(=O)NCC(C)C. The predicted octanol–water partition coefficient (Wildman–Crippen LogP) is 2.15. The van der Waals surface area contributed by atoms with Crippen LogP contribution >= 0.6 is 0 Å². The maximum Gasteiger partial charge on any atom is 0.257 e. The average Bonchev–Trinajstić information content (AvgIpc) is 2.34. The third-order valence-corrected chi connectivity index (χ3v) is 2.39. The van der Waals surface area contributed by atoms with Crippen molar-refractivity contribution < 1.29 is 14.3 Å². The van der Waals surface area contributed by atoms with Crippen LogP contribution in [0.25, 0.3) is 0 Å². The van der Waals surface area contributed by atoms with E-state index < -0.39 is 0 Å². The summed E-state index contributed by atoms with van der Waals surface area (Å²) in [6.45, 7) is 6.73. The minimum atomic E-state index is -0.119. The Morgan fingerprint density at radius 1 is 1.33 bits per heavy atom. The molecule has 1 amide bonds. The van der Waals surface area contributed by atoms with Gasteiger partial charge in [-0.25, -0.2) is 0 Å². The molecule has 0 saturated carbocycles. The van der Waals surface area contributed by atoms with Gasteiger partial charge in [0.1, 0.15) is 0 Å². The molecule has 0 unspecified atom stereocenters. The summed E-state index contributed by atoms with van der Waals surface area (Å²) in [7, 11) is 1.58. The molecule has 1 N–H and O–H groups in total. The Hall–Kier alpha value is -1.71. The molecule has 0 aliphatic rings. The summed E-state index contributed by atoms with van der Waals surface area (Å²) in [4.78, 5) is 11.5. The fraction of sp³-hybridized carbons (Fsp3) is 0.500. The highest BCUT2D eigenvalue weighted by molar-refractivity contribution is 5.77. The standard InChI is InChI=1S/C14H21NO3/c1-10(2)8-15-14(16)9-18-12-6-5-11(3)7-13(12)17-4/h5-7,10H,8-9H2,1-4H3,(H,15,16). The van der Waals surface area contributed by atoms with Crippen LogP contribution < -0.4 is 14.8 Å². The van der Waals surface area contributed by atoms with Crippen LogP contribution in [0.2, 0.25) is 0 Å². The van der Waals surface area contributed by atoms with Crippen LogP contribution in [-0.2, 0) is 4.79 Å². The number of ether oxygens (including phenoxy) is 2. The van der Waals surface area contributed by atoms with Crippen molar-refractivity contribution in [2.45, 2.75) is 20.8 Å². The number of rotatable bonds is 6. The van der Waals surface area contributed by atoms with Crippen LogP contribution in [-0.4, -0.2) is 26.2 Å². The molecule has 1 aromatic carbocycles. The number of methoxy groups -OCH3 is 1. The Kier molecular flexibility index (Phi) is 5.49. The zero-order valence-electron chi connectivity index (χ0n) is 11.4. The molecule has 0 aliphatic heterocycles. The summed E-state index contributed by atoms with van der Waals surface area (Å²) in [6, 6.07) is 5.61. The molecule has 0 aromatic heterocycles. The largest absolute Gasteiger partial charge is 0.493 e. The fourth-order valence-corrected chi connectivity index (χ4v) is 1.41. The van der Waals surface area contributed by atoms with E-state index in [1.807, 2.05) is 39.0 Å². The molecule has 0 saturated heterocycles. The van der Waals surface area contributed by atoms with E-state index in [0.717, 1.165) is 5.56 Å². The highest BCUT2D eigenvalue weighted by atomic mass is 16.5. The van der Waals surface area contributed by atoms with E-state index in [1.165, 1.54) is 0 Å². The van der Waals surface area contributed by atoms with Crippen LogP contribution in [0, 0.1) is 12.8 Å². The molecule has 0 spiro atoms. The molecule has 4 nitrogen and oxygen atoms in total. The average molecular weight is 251 g/mol. The molecule has 0 bridgehead atoms. The molecule has 100 valence electrons. The maximum absolute atomic E-state index is 11.5. The monoisotopic (exact) mass is 251 g/mol. The fourth-order valence-electron chi connectivity index (χ4n) is 1.41. The molecule has 0 radical (unpaired) electrons. The Labute approximate surface area is 108 Å². The van der Waals surface area contributed by atoms with Crippen molar-refractivity contribution in [2.75, 3.05) is 20.3 Å². The first kappa shape index (κ1) is 14.4. The summed E-state index contributed by atoms with van der Waals surface area (Å²) < 4.78 is 10.6. The van der Waals surface area contributed by atoms with Crippen LogP contribution in [0.1, 0.15) is 19.4 Å². The summed E-state index contributed by atoms with van der Waals surface area (Å²) >= 11 is 0. The van der Waals surface area contributed by atoms with E-state index >= 15 is 0 Å². The molecule has 0 aliphatic carbocycles. The van der Waals surface area contributed by atoms with Gasteiger partial charge in [0.25, 0.3) is 5.91 Å². The smallest absolute Gasteiger partial charge is 0.257 e. The van der Waals surface area contributed by atoms with Crippen molar-refractivity contribution in [2.24, 2.45) is 5.92 Å². The summed E-state index contributed by atoms with van der Waals surface area (Å²) in [5.74, 6) is 1.55. The second-order valence-electron chi connectivity index (χ2n) is 4.64. The van der Waals surface area contributed by atoms with Gasteiger partial charge >= 0.3 is 0 Å². The first-order valence-electron chi connectivity index (χ1n) is 6.07. The summed E-state index contributed by atoms with van der Waals surface area (Å²) in [6.07, 6.45) is 0. The van der Waals surface area contributed by atoms with Crippen LogP contribution in [0.4, 0.5) is 0 Å². The van der Waals surface area contributed by atoms with E-state index in [9.17, 15) is 4.79 Å². The second-order valence-corrected chi connectivity index (χ2v) is 4.64. The molecule has 0 heterocycles. The zero-order chi connectivity index (χ0) is 13.5. The van der Waals surface area contributed by atoms with Crippen molar-refractivity contribution in [3.05, 3.63) is 23.8 Å². The normalized spacial score (nSPS) is 10.3. The summed E-state index contributed by atoms with van der Waals surface area (Å²) in [5.41, 5.74) is 1.09. The number of benzene rings is 1. The Bertz CT molecular complexity index is 402. The molecular formula is C14H21NO3. The van der Waals surface area contributed by atoms with Gasteiger partial charge in [0.15, 0.2) is 18.1 Å². The highest BCUT2D eigenvalue weighted by Gasteiger charge is 2.07. The van der Waals surface area contributed by atoms with E-state index in [2.05, 4.69) is 5.32 Å². The van der Waals surface area contributed by atoms with Crippen molar-refractivity contribution in [3.63, 3.8) is 0 Å². The Morgan fingerprint density at radius 2 is 2.06 bits per heavy atom. The number of amides is 1. The summed E-state index contributed by atoms with van der Waals surface area (Å²) in [5, 5.41) is 2.80. The molecule has 4 heteroatoms. The van der Waals surface area contributed by atoms with Gasteiger partial charge in [0.05, 0.1) is 7.11 Å². The van der Waals surface area contributed by atoms with Crippen molar-refractivity contribution in [1.29, 1.82) is 0 Å². The lowest BCUT2D eigenvalue weighted by molar-refractivity contribution is -0.123. The lowest BCUT2D eigenvalue weighted by atomic mass is 10.2. The number of carbonyl (C=O) groups excluding carboxylic acids is 1. The minimum absolute atomic E-state index is 0.00609. The Morgan fingerprint density at radius 3 is 2.67 bits per heavy atom. The first-order chi connectivity index (χ1) is 8.52. The van der Waals surface area contributed by atoms with Gasteiger partial charge < -0.3 is 14.8 Å². The van der Waals surface area contributed by atoms with Crippen molar-refractivity contribution in [1.82, 2.24) is 5.32 Å². The zero-order valence-corrected chi connectivity index (χ0v) is 11.4. The lowest BCUT2D eigenvalue weighted by Crippen LogP contribution is -2.31. The van der Waals surface area contributed by atoms with E-state index in [-0.39, 0.29) is 12.5 Å². The molecule has 0 fully saturated rings.